The van der Waals surface area contributed by atoms with Crippen LogP contribution in [0.25, 0.3) is 0 Å². The molecule has 84 valence electrons. The first-order valence-electron chi connectivity index (χ1n) is 5.61. The zero-order valence-corrected chi connectivity index (χ0v) is 9.82. The van der Waals surface area contributed by atoms with Gasteiger partial charge in [0.2, 0.25) is 0 Å². The summed E-state index contributed by atoms with van der Waals surface area (Å²) in [7, 11) is 1.62. The summed E-state index contributed by atoms with van der Waals surface area (Å²) in [4.78, 5) is 11.9. The van der Waals surface area contributed by atoms with Crippen molar-refractivity contribution in [2.24, 2.45) is 5.92 Å². The predicted octanol–water partition coefficient (Wildman–Crippen LogP) is 2.89. The minimum Gasteiger partial charge on any atom is -0.373 e. The third-order valence-corrected chi connectivity index (χ3v) is 2.88. The van der Waals surface area contributed by atoms with Crippen LogP contribution in [0.1, 0.15) is 33.1 Å². The van der Waals surface area contributed by atoms with Crippen LogP contribution in [0.5, 0.6) is 0 Å². The van der Waals surface area contributed by atoms with Gasteiger partial charge in [0.05, 0.1) is 0 Å². The molecule has 0 radical (unpaired) electrons. The molecule has 2 atom stereocenters. The van der Waals surface area contributed by atoms with Crippen LogP contribution in [-0.2, 0) is 9.53 Å². The number of allylic oxidation sites excluding steroid dienone is 2. The normalized spacial score (nSPS) is 21.5. The smallest absolute Gasteiger partial charge is 0.162 e. The van der Waals surface area contributed by atoms with Crippen molar-refractivity contribution < 1.29 is 9.53 Å². The lowest BCUT2D eigenvalue weighted by molar-refractivity contribution is -0.130. The van der Waals surface area contributed by atoms with Gasteiger partial charge < -0.3 is 4.74 Å². The first-order chi connectivity index (χ1) is 7.20. The highest BCUT2D eigenvalue weighted by molar-refractivity contribution is 5.84. The number of carbonyl (C=O) groups is 1. The Bertz CT molecular complexity index is 276. The van der Waals surface area contributed by atoms with Crippen LogP contribution in [0.3, 0.4) is 0 Å². The topological polar surface area (TPSA) is 26.3 Å². The average molecular weight is 208 g/mol. The number of ketones is 1. The van der Waals surface area contributed by atoms with Crippen molar-refractivity contribution in [3.05, 3.63) is 23.8 Å². The largest absolute Gasteiger partial charge is 0.373 e. The summed E-state index contributed by atoms with van der Waals surface area (Å²) >= 11 is 0. The van der Waals surface area contributed by atoms with Crippen molar-refractivity contribution in [1.29, 1.82) is 0 Å². The SMILES string of the molecule is CCCCC(=O)C(OC)C1C=CC=C1C. The van der Waals surface area contributed by atoms with Gasteiger partial charge in [-0.15, -0.1) is 0 Å². The molecule has 2 unspecified atom stereocenters. The van der Waals surface area contributed by atoms with Crippen LogP contribution in [0.4, 0.5) is 0 Å². The number of rotatable bonds is 6. The fraction of sp³-hybridized carbons (Fsp3) is 0.615. The molecule has 0 heterocycles. The van der Waals surface area contributed by atoms with Crippen molar-refractivity contribution in [3.63, 3.8) is 0 Å². The van der Waals surface area contributed by atoms with E-state index in [1.54, 1.807) is 7.11 Å². The summed E-state index contributed by atoms with van der Waals surface area (Å²) in [5.41, 5.74) is 1.21. The summed E-state index contributed by atoms with van der Waals surface area (Å²) in [6, 6.07) is 0. The molecular weight excluding hydrogens is 188 g/mol. The first kappa shape index (κ1) is 12.2. The van der Waals surface area contributed by atoms with Crippen molar-refractivity contribution in [3.8, 4) is 0 Å². The lowest BCUT2D eigenvalue weighted by atomic mass is 9.92. The van der Waals surface area contributed by atoms with E-state index in [1.807, 2.05) is 25.2 Å². The maximum absolute atomic E-state index is 11.9. The molecule has 0 amide bonds. The fourth-order valence-electron chi connectivity index (χ4n) is 1.90. The molecule has 15 heavy (non-hydrogen) atoms. The van der Waals surface area contributed by atoms with E-state index in [0.29, 0.717) is 6.42 Å². The summed E-state index contributed by atoms with van der Waals surface area (Å²) in [6.45, 7) is 4.14. The highest BCUT2D eigenvalue weighted by atomic mass is 16.5. The number of unbranched alkanes of at least 4 members (excludes halogenated alkanes) is 1. The molecule has 2 nitrogen and oxygen atoms in total. The molecule has 0 saturated heterocycles. The van der Waals surface area contributed by atoms with Crippen molar-refractivity contribution in [2.45, 2.75) is 39.2 Å². The highest BCUT2D eigenvalue weighted by Gasteiger charge is 2.28. The van der Waals surface area contributed by atoms with Crippen LogP contribution in [0, 0.1) is 5.92 Å². The second kappa shape index (κ2) is 5.86. The lowest BCUT2D eigenvalue weighted by Crippen LogP contribution is -2.30. The van der Waals surface area contributed by atoms with Gasteiger partial charge in [-0.05, 0) is 13.3 Å². The highest BCUT2D eigenvalue weighted by Crippen LogP contribution is 2.25. The minimum atomic E-state index is -0.286. The predicted molar refractivity (Wildman–Crippen MR) is 61.7 cm³/mol. The zero-order chi connectivity index (χ0) is 11.3. The Morgan fingerprint density at radius 3 is 2.80 bits per heavy atom. The Hall–Kier alpha value is -0.890. The number of Topliss-reactive ketones (excluding diaryl/α,β-unsaturated/α-hetero) is 1. The van der Waals surface area contributed by atoms with Gasteiger partial charge in [-0.1, -0.05) is 37.1 Å². The second-order valence-electron chi connectivity index (χ2n) is 4.05. The van der Waals surface area contributed by atoms with E-state index in [-0.39, 0.29) is 17.8 Å². The average Bonchev–Trinajstić information content (AvgIpc) is 2.63. The maximum Gasteiger partial charge on any atom is 0.162 e. The summed E-state index contributed by atoms with van der Waals surface area (Å²) in [6.07, 6.45) is 8.45. The number of ether oxygens (including phenoxy) is 1. The van der Waals surface area contributed by atoms with Crippen LogP contribution in [0.15, 0.2) is 23.8 Å². The number of carbonyl (C=O) groups excluding carboxylic acids is 1. The van der Waals surface area contributed by atoms with E-state index < -0.39 is 0 Å². The Morgan fingerprint density at radius 1 is 1.60 bits per heavy atom. The molecule has 0 bridgehead atoms. The number of hydrogen-bond donors (Lipinski definition) is 0. The molecule has 0 aromatic carbocycles. The molecule has 0 fully saturated rings. The van der Waals surface area contributed by atoms with E-state index in [9.17, 15) is 4.79 Å². The van der Waals surface area contributed by atoms with Gasteiger partial charge in [0.25, 0.3) is 0 Å². The van der Waals surface area contributed by atoms with Crippen molar-refractivity contribution in [2.75, 3.05) is 7.11 Å². The molecule has 0 N–H and O–H groups in total. The van der Waals surface area contributed by atoms with Gasteiger partial charge in [-0.2, -0.15) is 0 Å². The maximum atomic E-state index is 11.9. The summed E-state index contributed by atoms with van der Waals surface area (Å²) in [5, 5.41) is 0. The first-order valence-corrected chi connectivity index (χ1v) is 5.61. The van der Waals surface area contributed by atoms with Gasteiger partial charge in [-0.3, -0.25) is 4.79 Å². The second-order valence-corrected chi connectivity index (χ2v) is 4.05. The van der Waals surface area contributed by atoms with Gasteiger partial charge in [-0.25, -0.2) is 0 Å². The molecule has 2 heteroatoms. The van der Waals surface area contributed by atoms with E-state index in [1.165, 1.54) is 5.57 Å². The molecule has 1 aliphatic rings. The minimum absolute atomic E-state index is 0.152. The van der Waals surface area contributed by atoms with E-state index in [4.69, 9.17) is 4.74 Å². The van der Waals surface area contributed by atoms with Crippen molar-refractivity contribution >= 4 is 5.78 Å². The molecule has 0 aliphatic heterocycles. The van der Waals surface area contributed by atoms with Gasteiger partial charge >= 0.3 is 0 Å². The van der Waals surface area contributed by atoms with Gasteiger partial charge in [0.15, 0.2) is 5.78 Å². The molecule has 1 aliphatic carbocycles. The monoisotopic (exact) mass is 208 g/mol. The fourth-order valence-corrected chi connectivity index (χ4v) is 1.90. The van der Waals surface area contributed by atoms with Crippen molar-refractivity contribution in [1.82, 2.24) is 0 Å². The third-order valence-electron chi connectivity index (χ3n) is 2.88. The van der Waals surface area contributed by atoms with Crippen LogP contribution < -0.4 is 0 Å². The third kappa shape index (κ3) is 3.03. The molecule has 0 saturated carbocycles. The van der Waals surface area contributed by atoms with Gasteiger partial charge in [0.1, 0.15) is 6.10 Å². The molecular formula is C13H20O2. The van der Waals surface area contributed by atoms with Crippen LogP contribution in [-0.4, -0.2) is 19.0 Å². The Morgan fingerprint density at radius 2 is 2.33 bits per heavy atom. The number of methoxy groups -OCH3 is 1. The summed E-state index contributed by atoms with van der Waals surface area (Å²) in [5.74, 6) is 0.378. The molecule has 0 spiro atoms. The number of hydrogen-bond acceptors (Lipinski definition) is 2. The quantitative estimate of drug-likeness (QED) is 0.671. The Kier molecular flexibility index (Phi) is 4.76. The molecule has 0 aromatic heterocycles. The van der Waals surface area contributed by atoms with Crippen LogP contribution >= 0.6 is 0 Å². The summed E-state index contributed by atoms with van der Waals surface area (Å²) < 4.78 is 5.32. The molecule has 1 rings (SSSR count). The molecule has 0 aromatic rings. The van der Waals surface area contributed by atoms with E-state index >= 15 is 0 Å². The Labute approximate surface area is 92.0 Å². The standard InChI is InChI=1S/C13H20O2/c1-4-5-9-12(14)13(15-3)11-8-6-7-10(11)2/h6-8,11,13H,4-5,9H2,1-3H3. The lowest BCUT2D eigenvalue weighted by Gasteiger charge is -2.21. The van der Waals surface area contributed by atoms with Gasteiger partial charge in [0, 0.05) is 19.4 Å². The van der Waals surface area contributed by atoms with E-state index in [2.05, 4.69) is 6.92 Å². The zero-order valence-electron chi connectivity index (χ0n) is 9.82. The Balaban J connectivity index is 2.59. The van der Waals surface area contributed by atoms with Crippen LogP contribution in [0.2, 0.25) is 0 Å². The van der Waals surface area contributed by atoms with E-state index in [0.717, 1.165) is 12.8 Å².